The lowest BCUT2D eigenvalue weighted by Gasteiger charge is -2.33. The van der Waals surface area contributed by atoms with Crippen LogP contribution in [0.1, 0.15) is 10.5 Å². The van der Waals surface area contributed by atoms with Crippen LogP contribution in [0.5, 0.6) is 0 Å². The molecule has 10 heteroatoms. The first-order valence-electron chi connectivity index (χ1n) is 9.12. The summed E-state index contributed by atoms with van der Waals surface area (Å²) in [5, 5.41) is 4.94. The van der Waals surface area contributed by atoms with Gasteiger partial charge >= 0.3 is 0 Å². The maximum atomic E-state index is 12.8. The first-order chi connectivity index (χ1) is 14.3. The molecule has 1 fully saturated rings. The molecule has 1 aliphatic rings. The zero-order chi connectivity index (χ0) is 21.3. The highest BCUT2D eigenvalue weighted by atomic mass is 35.5. The van der Waals surface area contributed by atoms with Crippen LogP contribution in [0.15, 0.2) is 64.0 Å². The lowest BCUT2D eigenvalue weighted by Crippen LogP contribution is -2.50. The first-order valence-corrected chi connectivity index (χ1v) is 11.3. The van der Waals surface area contributed by atoms with Gasteiger partial charge in [0.05, 0.1) is 4.90 Å². The van der Waals surface area contributed by atoms with Gasteiger partial charge in [-0.2, -0.15) is 4.31 Å². The number of aromatic nitrogens is 1. The summed E-state index contributed by atoms with van der Waals surface area (Å²) >= 11 is 11.7. The number of rotatable bonds is 4. The molecule has 0 spiro atoms. The number of halogens is 2. The second kappa shape index (κ2) is 8.39. The largest absolute Gasteiger partial charge is 0.355 e. The number of piperazine rings is 1. The Hall–Kier alpha value is -2.39. The lowest BCUT2D eigenvalue weighted by atomic mass is 10.1. The summed E-state index contributed by atoms with van der Waals surface area (Å²) in [5.41, 5.74) is 0.929. The van der Waals surface area contributed by atoms with Crippen LogP contribution >= 0.6 is 23.2 Å². The van der Waals surface area contributed by atoms with Crippen molar-refractivity contribution >= 4 is 39.1 Å². The smallest absolute Gasteiger partial charge is 0.276 e. The van der Waals surface area contributed by atoms with Crippen molar-refractivity contribution in [2.45, 2.75) is 4.90 Å². The highest BCUT2D eigenvalue weighted by Crippen LogP contribution is 2.24. The van der Waals surface area contributed by atoms with Crippen molar-refractivity contribution in [1.82, 2.24) is 14.4 Å². The molecule has 0 radical (unpaired) electrons. The summed E-state index contributed by atoms with van der Waals surface area (Å²) in [5.74, 6) is 0.154. The molecule has 0 atom stereocenters. The Bertz CT molecular complexity index is 1150. The van der Waals surface area contributed by atoms with E-state index < -0.39 is 10.0 Å². The minimum Gasteiger partial charge on any atom is -0.355 e. The summed E-state index contributed by atoms with van der Waals surface area (Å²) < 4.78 is 32.2. The molecule has 156 valence electrons. The SMILES string of the molecule is O=C(c1cc(-c2ccc(Cl)cc2)on1)N1CCN(S(=O)(=O)c2ccc(Cl)cc2)CC1. The van der Waals surface area contributed by atoms with Crippen molar-refractivity contribution in [1.29, 1.82) is 0 Å². The zero-order valence-electron chi connectivity index (χ0n) is 15.7. The fraction of sp³-hybridized carbons (Fsp3) is 0.200. The summed E-state index contributed by atoms with van der Waals surface area (Å²) in [4.78, 5) is 14.5. The third kappa shape index (κ3) is 4.22. The van der Waals surface area contributed by atoms with E-state index in [1.165, 1.54) is 28.6 Å². The number of carbonyl (C=O) groups is 1. The maximum absolute atomic E-state index is 12.8. The molecule has 0 N–H and O–H groups in total. The van der Waals surface area contributed by atoms with E-state index in [1.54, 1.807) is 35.2 Å². The molecular formula is C20H17Cl2N3O4S. The number of hydrogen-bond acceptors (Lipinski definition) is 5. The van der Waals surface area contributed by atoms with Crippen molar-refractivity contribution < 1.29 is 17.7 Å². The van der Waals surface area contributed by atoms with Crippen LogP contribution in [0.4, 0.5) is 0 Å². The van der Waals surface area contributed by atoms with Gasteiger partial charge in [0, 0.05) is 47.9 Å². The van der Waals surface area contributed by atoms with Crippen LogP contribution < -0.4 is 0 Å². The quantitative estimate of drug-likeness (QED) is 0.584. The molecule has 1 saturated heterocycles. The molecule has 1 amide bonds. The van der Waals surface area contributed by atoms with Gasteiger partial charge in [0.2, 0.25) is 10.0 Å². The second-order valence-corrected chi connectivity index (χ2v) is 9.54. The fourth-order valence-electron chi connectivity index (χ4n) is 3.18. The number of nitrogens with zero attached hydrogens (tertiary/aromatic N) is 3. The van der Waals surface area contributed by atoms with Gasteiger partial charge in [-0.1, -0.05) is 28.4 Å². The molecule has 1 aromatic heterocycles. The van der Waals surface area contributed by atoms with Gasteiger partial charge in [0.25, 0.3) is 5.91 Å². The van der Waals surface area contributed by atoms with Gasteiger partial charge in [-0.15, -0.1) is 0 Å². The fourth-order valence-corrected chi connectivity index (χ4v) is 4.85. The number of sulfonamides is 1. The second-order valence-electron chi connectivity index (χ2n) is 6.73. The van der Waals surface area contributed by atoms with Gasteiger partial charge in [0.1, 0.15) is 0 Å². The van der Waals surface area contributed by atoms with Gasteiger partial charge in [-0.05, 0) is 48.5 Å². The summed E-state index contributed by atoms with van der Waals surface area (Å²) in [7, 11) is -3.64. The molecule has 4 rings (SSSR count). The van der Waals surface area contributed by atoms with Gasteiger partial charge in [0.15, 0.2) is 11.5 Å². The standard InChI is InChI=1S/C20H17Cl2N3O4S/c21-15-3-1-14(2-4-15)19-13-18(23-29-19)20(26)24-9-11-25(12-10-24)30(27,28)17-7-5-16(22)6-8-17/h1-8,13H,9-12H2. The molecule has 30 heavy (non-hydrogen) atoms. The van der Waals surface area contributed by atoms with E-state index >= 15 is 0 Å². The Balaban J connectivity index is 1.42. The number of benzene rings is 2. The predicted molar refractivity (Wildman–Crippen MR) is 113 cm³/mol. The summed E-state index contributed by atoms with van der Waals surface area (Å²) in [6.45, 7) is 0.904. The molecule has 0 unspecified atom stereocenters. The average molecular weight is 466 g/mol. The van der Waals surface area contributed by atoms with Crippen LogP contribution in [0.3, 0.4) is 0 Å². The molecule has 0 saturated carbocycles. The van der Waals surface area contributed by atoms with E-state index in [4.69, 9.17) is 27.7 Å². The van der Waals surface area contributed by atoms with E-state index in [0.717, 1.165) is 5.56 Å². The first kappa shape index (κ1) is 20.9. The van der Waals surface area contributed by atoms with Crippen molar-refractivity contribution in [3.05, 3.63) is 70.3 Å². The molecular weight excluding hydrogens is 449 g/mol. The van der Waals surface area contributed by atoms with Crippen LogP contribution in [0, 0.1) is 0 Å². The van der Waals surface area contributed by atoms with Gasteiger partial charge < -0.3 is 9.42 Å². The van der Waals surface area contributed by atoms with Crippen molar-refractivity contribution in [3.63, 3.8) is 0 Å². The van der Waals surface area contributed by atoms with Crippen LogP contribution in [0.2, 0.25) is 10.0 Å². The average Bonchev–Trinajstić information content (AvgIpc) is 3.24. The molecule has 0 bridgehead atoms. The van der Waals surface area contributed by atoms with Crippen LogP contribution in [-0.2, 0) is 10.0 Å². The van der Waals surface area contributed by atoms with E-state index in [9.17, 15) is 13.2 Å². The molecule has 1 aliphatic heterocycles. The molecule has 7 nitrogen and oxygen atoms in total. The van der Waals surface area contributed by atoms with E-state index in [1.807, 2.05) is 0 Å². The normalized spacial score (nSPS) is 15.3. The third-order valence-corrected chi connectivity index (χ3v) is 7.25. The Morgan fingerprint density at radius 3 is 2.07 bits per heavy atom. The monoisotopic (exact) mass is 465 g/mol. The Labute approximate surface area is 183 Å². The number of carbonyl (C=O) groups excluding carboxylic acids is 1. The molecule has 2 heterocycles. The Morgan fingerprint density at radius 1 is 0.900 bits per heavy atom. The van der Waals surface area contributed by atoms with Crippen LogP contribution in [0.25, 0.3) is 11.3 Å². The highest BCUT2D eigenvalue weighted by Gasteiger charge is 2.31. The van der Waals surface area contributed by atoms with E-state index in [2.05, 4.69) is 5.16 Å². The topological polar surface area (TPSA) is 83.7 Å². The number of amides is 1. The van der Waals surface area contributed by atoms with Crippen molar-refractivity contribution in [2.24, 2.45) is 0 Å². The minimum atomic E-state index is -3.64. The Kier molecular flexibility index (Phi) is 5.84. The van der Waals surface area contributed by atoms with Gasteiger partial charge in [-0.25, -0.2) is 8.42 Å². The zero-order valence-corrected chi connectivity index (χ0v) is 18.0. The predicted octanol–water partition coefficient (Wildman–Crippen LogP) is 3.80. The number of hydrogen-bond donors (Lipinski definition) is 0. The van der Waals surface area contributed by atoms with E-state index in [0.29, 0.717) is 15.8 Å². The third-order valence-electron chi connectivity index (χ3n) is 4.84. The van der Waals surface area contributed by atoms with Gasteiger partial charge in [-0.3, -0.25) is 4.79 Å². The molecule has 0 aliphatic carbocycles. The van der Waals surface area contributed by atoms with Crippen molar-refractivity contribution in [2.75, 3.05) is 26.2 Å². The van der Waals surface area contributed by atoms with Crippen molar-refractivity contribution in [3.8, 4) is 11.3 Å². The Morgan fingerprint density at radius 2 is 1.47 bits per heavy atom. The summed E-state index contributed by atoms with van der Waals surface area (Å²) in [6.07, 6.45) is 0. The lowest BCUT2D eigenvalue weighted by molar-refractivity contribution is 0.0687. The highest BCUT2D eigenvalue weighted by molar-refractivity contribution is 7.89. The summed E-state index contributed by atoms with van der Waals surface area (Å²) in [6, 6.07) is 14.6. The minimum absolute atomic E-state index is 0.175. The molecule has 3 aromatic rings. The van der Waals surface area contributed by atoms with E-state index in [-0.39, 0.29) is 42.7 Å². The maximum Gasteiger partial charge on any atom is 0.276 e. The van der Waals surface area contributed by atoms with Crippen LogP contribution in [-0.4, -0.2) is 54.9 Å². The molecule has 2 aromatic carbocycles.